The Morgan fingerprint density at radius 3 is 2.54 bits per heavy atom. The molecule has 0 fully saturated rings. The molecule has 0 aliphatic carbocycles. The number of nitrogens with one attached hydrogen (secondary N) is 2. The molecule has 2 N–H and O–H groups in total. The third-order valence-corrected chi connectivity index (χ3v) is 4.64. The van der Waals surface area contributed by atoms with Crippen molar-refractivity contribution >= 4 is 23.4 Å². The largest absolute Gasteiger partial charge is 0.497 e. The number of aromatic nitrogens is 2. The first-order valence-electron chi connectivity index (χ1n) is 8.14. The van der Waals surface area contributed by atoms with E-state index in [1.54, 1.807) is 32.2 Å². The number of thioether (sulfide) groups is 1. The predicted molar refractivity (Wildman–Crippen MR) is 102 cm³/mol. The summed E-state index contributed by atoms with van der Waals surface area (Å²) in [7, 11) is 3.08. The van der Waals surface area contributed by atoms with E-state index in [-0.39, 0.29) is 17.4 Å². The lowest BCUT2D eigenvalue weighted by atomic mass is 10.1. The number of hydrogen-bond acceptors (Lipinski definition) is 6. The van der Waals surface area contributed by atoms with Crippen LogP contribution in [-0.2, 0) is 4.79 Å². The highest BCUT2D eigenvalue weighted by atomic mass is 32.2. The molecule has 0 saturated carbocycles. The molecule has 0 aliphatic heterocycles. The fourth-order valence-electron chi connectivity index (χ4n) is 2.17. The maximum absolute atomic E-state index is 12.5. The van der Waals surface area contributed by atoms with Crippen molar-refractivity contribution in [2.75, 3.05) is 19.5 Å². The molecule has 1 unspecified atom stereocenters. The van der Waals surface area contributed by atoms with Gasteiger partial charge < -0.3 is 19.8 Å². The highest BCUT2D eigenvalue weighted by molar-refractivity contribution is 8.00. The van der Waals surface area contributed by atoms with Crippen molar-refractivity contribution in [2.24, 2.45) is 0 Å². The molecule has 0 radical (unpaired) electrons. The van der Waals surface area contributed by atoms with Crippen LogP contribution < -0.4 is 20.3 Å². The summed E-state index contributed by atoms with van der Waals surface area (Å²) in [6, 6.07) is 6.63. The number of aromatic amines is 1. The lowest BCUT2D eigenvalue weighted by molar-refractivity contribution is -0.115. The Balaban J connectivity index is 2.15. The van der Waals surface area contributed by atoms with Gasteiger partial charge in [0.2, 0.25) is 5.91 Å². The molecule has 1 atom stereocenters. The summed E-state index contributed by atoms with van der Waals surface area (Å²) in [5, 5.41) is 2.77. The SMILES string of the molecule is COc1ccc(OC)c(NC(=O)C(C)Sc2nc(C(C)C)cc(=O)[nH]2)c1. The average Bonchev–Trinajstić information content (AvgIpc) is 2.60. The fourth-order valence-corrected chi connectivity index (χ4v) is 2.99. The number of carbonyl (C=O) groups is 1. The number of ether oxygens (including phenoxy) is 2. The highest BCUT2D eigenvalue weighted by Gasteiger charge is 2.18. The van der Waals surface area contributed by atoms with E-state index < -0.39 is 5.25 Å². The molecular weight excluding hydrogens is 354 g/mol. The van der Waals surface area contributed by atoms with Gasteiger partial charge in [-0.25, -0.2) is 4.98 Å². The van der Waals surface area contributed by atoms with Crippen LogP contribution in [-0.4, -0.2) is 35.3 Å². The van der Waals surface area contributed by atoms with Crippen LogP contribution in [0.2, 0.25) is 0 Å². The first-order valence-corrected chi connectivity index (χ1v) is 9.02. The number of nitrogens with zero attached hydrogens (tertiary/aromatic N) is 1. The van der Waals surface area contributed by atoms with Crippen molar-refractivity contribution in [2.45, 2.75) is 37.1 Å². The van der Waals surface area contributed by atoms with Crippen LogP contribution in [0.1, 0.15) is 32.4 Å². The van der Waals surface area contributed by atoms with E-state index in [0.29, 0.717) is 28.0 Å². The molecule has 1 aromatic carbocycles. The van der Waals surface area contributed by atoms with Crippen LogP contribution in [0.3, 0.4) is 0 Å². The Hall–Kier alpha value is -2.48. The molecule has 0 bridgehead atoms. The zero-order valence-electron chi connectivity index (χ0n) is 15.5. The highest BCUT2D eigenvalue weighted by Crippen LogP contribution is 2.30. The fraction of sp³-hybridized carbons (Fsp3) is 0.389. The molecule has 0 aliphatic rings. The second-order valence-corrected chi connectivity index (χ2v) is 7.28. The first-order chi connectivity index (χ1) is 12.3. The zero-order chi connectivity index (χ0) is 19.3. The number of benzene rings is 1. The summed E-state index contributed by atoms with van der Waals surface area (Å²) in [6.07, 6.45) is 0. The van der Waals surface area contributed by atoms with Gasteiger partial charge in [-0.05, 0) is 25.0 Å². The number of carbonyl (C=O) groups excluding carboxylic acids is 1. The van der Waals surface area contributed by atoms with E-state index in [9.17, 15) is 9.59 Å². The van der Waals surface area contributed by atoms with E-state index in [1.165, 1.54) is 24.9 Å². The van der Waals surface area contributed by atoms with E-state index in [1.807, 2.05) is 13.8 Å². The standard InChI is InChI=1S/C18H23N3O4S/c1-10(2)13-9-16(22)21-18(20-13)26-11(3)17(23)19-14-8-12(24-4)6-7-15(14)25-5/h6-11H,1-5H3,(H,19,23)(H,20,21,22). The summed E-state index contributed by atoms with van der Waals surface area (Å²) in [5.74, 6) is 1.03. The monoisotopic (exact) mass is 377 g/mol. The smallest absolute Gasteiger partial charge is 0.251 e. The topological polar surface area (TPSA) is 93.3 Å². The minimum atomic E-state index is -0.475. The van der Waals surface area contributed by atoms with Gasteiger partial charge in [0.1, 0.15) is 11.5 Å². The third-order valence-electron chi connectivity index (χ3n) is 3.65. The van der Waals surface area contributed by atoms with Crippen molar-refractivity contribution in [1.29, 1.82) is 0 Å². The molecule has 0 spiro atoms. The predicted octanol–water partition coefficient (Wildman–Crippen LogP) is 3.03. The number of anilines is 1. The number of amides is 1. The Morgan fingerprint density at radius 2 is 1.92 bits per heavy atom. The Kier molecular flexibility index (Phi) is 6.68. The van der Waals surface area contributed by atoms with Gasteiger partial charge in [0.05, 0.1) is 30.9 Å². The number of methoxy groups -OCH3 is 2. The average molecular weight is 377 g/mol. The zero-order valence-corrected chi connectivity index (χ0v) is 16.3. The van der Waals surface area contributed by atoms with Crippen LogP contribution in [0, 0.1) is 0 Å². The van der Waals surface area contributed by atoms with Crippen molar-refractivity contribution in [1.82, 2.24) is 9.97 Å². The molecule has 2 rings (SSSR count). The number of hydrogen-bond donors (Lipinski definition) is 2. The maximum Gasteiger partial charge on any atom is 0.251 e. The third kappa shape index (κ3) is 5.01. The Bertz CT molecular complexity index is 835. The van der Waals surface area contributed by atoms with Gasteiger partial charge in [-0.1, -0.05) is 25.6 Å². The lowest BCUT2D eigenvalue weighted by Gasteiger charge is -2.15. The van der Waals surface area contributed by atoms with Crippen LogP contribution in [0.4, 0.5) is 5.69 Å². The van der Waals surface area contributed by atoms with Crippen molar-refractivity contribution in [3.63, 3.8) is 0 Å². The Labute approximate surface area is 156 Å². The summed E-state index contributed by atoms with van der Waals surface area (Å²) < 4.78 is 10.4. The summed E-state index contributed by atoms with van der Waals surface area (Å²) in [4.78, 5) is 31.4. The second kappa shape index (κ2) is 8.75. The number of rotatable bonds is 7. The van der Waals surface area contributed by atoms with Crippen LogP contribution in [0.15, 0.2) is 34.2 Å². The lowest BCUT2D eigenvalue weighted by Crippen LogP contribution is -2.23. The van der Waals surface area contributed by atoms with Gasteiger partial charge in [0, 0.05) is 12.1 Å². The molecular formula is C18H23N3O4S. The quantitative estimate of drug-likeness (QED) is 0.569. The number of H-pyrrole nitrogens is 1. The first kappa shape index (κ1) is 19.8. The molecule has 140 valence electrons. The Morgan fingerprint density at radius 1 is 1.19 bits per heavy atom. The van der Waals surface area contributed by atoms with Crippen LogP contribution in [0.25, 0.3) is 0 Å². The molecule has 1 heterocycles. The van der Waals surface area contributed by atoms with E-state index >= 15 is 0 Å². The minimum Gasteiger partial charge on any atom is -0.497 e. The minimum absolute atomic E-state index is 0.127. The molecule has 0 saturated heterocycles. The molecule has 1 aromatic heterocycles. The van der Waals surface area contributed by atoms with Crippen LogP contribution >= 0.6 is 11.8 Å². The van der Waals surface area contributed by atoms with Gasteiger partial charge in [-0.3, -0.25) is 9.59 Å². The van der Waals surface area contributed by atoms with Crippen molar-refractivity contribution in [3.8, 4) is 11.5 Å². The van der Waals surface area contributed by atoms with Gasteiger partial charge in [-0.15, -0.1) is 0 Å². The van der Waals surface area contributed by atoms with Gasteiger partial charge in [0.15, 0.2) is 5.16 Å². The second-order valence-electron chi connectivity index (χ2n) is 5.95. The molecule has 26 heavy (non-hydrogen) atoms. The molecule has 2 aromatic rings. The maximum atomic E-state index is 12.5. The summed E-state index contributed by atoms with van der Waals surface area (Å²) in [6.45, 7) is 5.66. The normalized spacial score (nSPS) is 11.9. The molecule has 8 heteroatoms. The van der Waals surface area contributed by atoms with Crippen LogP contribution in [0.5, 0.6) is 11.5 Å². The molecule has 1 amide bonds. The van der Waals surface area contributed by atoms with Gasteiger partial charge >= 0.3 is 0 Å². The van der Waals surface area contributed by atoms with Gasteiger partial charge in [-0.2, -0.15) is 0 Å². The van der Waals surface area contributed by atoms with Gasteiger partial charge in [0.25, 0.3) is 5.56 Å². The van der Waals surface area contributed by atoms with E-state index in [0.717, 1.165) is 0 Å². The van der Waals surface area contributed by atoms with E-state index in [2.05, 4.69) is 15.3 Å². The summed E-state index contributed by atoms with van der Waals surface area (Å²) >= 11 is 1.19. The van der Waals surface area contributed by atoms with Crippen molar-refractivity contribution < 1.29 is 14.3 Å². The van der Waals surface area contributed by atoms with E-state index in [4.69, 9.17) is 9.47 Å². The van der Waals surface area contributed by atoms with Crippen molar-refractivity contribution in [3.05, 3.63) is 40.3 Å². The molecule has 7 nitrogen and oxygen atoms in total. The summed E-state index contributed by atoms with van der Waals surface area (Å²) in [5.41, 5.74) is 0.980.